The molecule has 134 valence electrons. The van der Waals surface area contributed by atoms with E-state index in [0.29, 0.717) is 35.5 Å². The van der Waals surface area contributed by atoms with Gasteiger partial charge in [0.2, 0.25) is 0 Å². The maximum atomic E-state index is 12.8. The normalized spacial score (nSPS) is 15.4. The second-order valence-corrected chi connectivity index (χ2v) is 6.80. The minimum absolute atomic E-state index is 0.146. The highest BCUT2D eigenvalue weighted by molar-refractivity contribution is 7.16. The fourth-order valence-corrected chi connectivity index (χ4v) is 3.99. The Labute approximate surface area is 150 Å². The van der Waals surface area contributed by atoms with Gasteiger partial charge in [0.25, 0.3) is 5.91 Å². The van der Waals surface area contributed by atoms with Crippen molar-refractivity contribution in [1.82, 2.24) is 0 Å². The number of benzene rings is 1. The molecular weight excluding hydrogens is 367 g/mol. The lowest BCUT2D eigenvalue weighted by Gasteiger charge is -2.11. The Morgan fingerprint density at radius 2 is 2.12 bits per heavy atom. The summed E-state index contributed by atoms with van der Waals surface area (Å²) < 4.78 is 38.4. The van der Waals surface area contributed by atoms with Crippen molar-refractivity contribution in [3.63, 3.8) is 0 Å². The Kier molecular flexibility index (Phi) is 4.70. The van der Waals surface area contributed by atoms with E-state index in [1.165, 1.54) is 17.4 Å². The van der Waals surface area contributed by atoms with E-state index in [9.17, 15) is 23.2 Å². The average Bonchev–Trinajstić information content (AvgIpc) is 2.96. The fraction of sp³-hybridized carbons (Fsp3) is 0.235. The number of carbonyl (C=O) groups excluding carboxylic acids is 1. The minimum atomic E-state index is -4.55. The smallest absolute Gasteiger partial charge is 0.411 e. The summed E-state index contributed by atoms with van der Waals surface area (Å²) in [5.41, 5.74) is 0.609. The number of amides is 1. The van der Waals surface area contributed by atoms with E-state index in [4.69, 9.17) is 5.21 Å². The number of anilines is 1. The van der Waals surface area contributed by atoms with Gasteiger partial charge in [-0.15, -0.1) is 11.3 Å². The maximum Gasteiger partial charge on any atom is 0.416 e. The Morgan fingerprint density at radius 3 is 2.77 bits per heavy atom. The quantitative estimate of drug-likeness (QED) is 0.605. The molecule has 1 aromatic heterocycles. The number of halogens is 3. The minimum Gasteiger partial charge on any atom is -0.411 e. The molecule has 0 saturated carbocycles. The van der Waals surface area contributed by atoms with Crippen LogP contribution in [0.4, 0.5) is 18.2 Å². The molecular formula is C17H12F3N3O2S. The van der Waals surface area contributed by atoms with Gasteiger partial charge in [-0.05, 0) is 36.6 Å². The van der Waals surface area contributed by atoms with E-state index >= 15 is 0 Å². The topological polar surface area (TPSA) is 85.5 Å². The number of nitriles is 1. The van der Waals surface area contributed by atoms with Crippen LogP contribution < -0.4 is 5.32 Å². The van der Waals surface area contributed by atoms with E-state index in [2.05, 4.69) is 10.5 Å². The molecule has 1 amide bonds. The summed E-state index contributed by atoms with van der Waals surface area (Å²) in [7, 11) is 0. The molecule has 1 aliphatic rings. The van der Waals surface area contributed by atoms with Crippen LogP contribution in [0.1, 0.15) is 38.3 Å². The molecule has 0 bridgehead atoms. The van der Waals surface area contributed by atoms with Gasteiger partial charge in [0, 0.05) is 16.9 Å². The summed E-state index contributed by atoms with van der Waals surface area (Å²) in [5.74, 6) is -0.720. The number of alkyl halides is 3. The molecule has 26 heavy (non-hydrogen) atoms. The Morgan fingerprint density at radius 1 is 1.35 bits per heavy atom. The summed E-state index contributed by atoms with van der Waals surface area (Å²) in [5, 5.41) is 24.3. The number of fused-ring (bicyclic) bond motifs is 1. The first-order valence-electron chi connectivity index (χ1n) is 7.56. The Bertz CT molecular complexity index is 942. The van der Waals surface area contributed by atoms with Crippen LogP contribution in [0.3, 0.4) is 0 Å². The monoisotopic (exact) mass is 379 g/mol. The van der Waals surface area contributed by atoms with Gasteiger partial charge in [-0.1, -0.05) is 11.2 Å². The molecule has 1 heterocycles. The largest absolute Gasteiger partial charge is 0.416 e. The van der Waals surface area contributed by atoms with Gasteiger partial charge in [0.15, 0.2) is 0 Å². The first-order valence-corrected chi connectivity index (χ1v) is 8.38. The van der Waals surface area contributed by atoms with E-state index < -0.39 is 17.6 Å². The highest BCUT2D eigenvalue weighted by atomic mass is 32.1. The van der Waals surface area contributed by atoms with Crippen LogP contribution in [0.5, 0.6) is 0 Å². The Balaban J connectivity index is 1.89. The van der Waals surface area contributed by atoms with Crippen LogP contribution in [-0.4, -0.2) is 16.8 Å². The zero-order valence-electron chi connectivity index (χ0n) is 13.2. The highest BCUT2D eigenvalue weighted by Gasteiger charge is 2.31. The average molecular weight is 379 g/mol. The predicted octanol–water partition coefficient (Wildman–Crippen LogP) is 4.21. The number of hydrogen-bond acceptors (Lipinski definition) is 5. The van der Waals surface area contributed by atoms with Crippen LogP contribution in [0, 0.1) is 11.3 Å². The lowest BCUT2D eigenvalue weighted by molar-refractivity contribution is -0.137. The summed E-state index contributed by atoms with van der Waals surface area (Å²) in [6.07, 6.45) is -3.15. The van der Waals surface area contributed by atoms with E-state index in [-0.39, 0.29) is 5.56 Å². The molecule has 1 aromatic carbocycles. The second-order valence-electron chi connectivity index (χ2n) is 5.70. The van der Waals surface area contributed by atoms with Gasteiger partial charge < -0.3 is 10.5 Å². The van der Waals surface area contributed by atoms with Gasteiger partial charge in [0.1, 0.15) is 11.1 Å². The van der Waals surface area contributed by atoms with Crippen molar-refractivity contribution in [3.05, 3.63) is 51.4 Å². The maximum absolute atomic E-state index is 12.8. The molecule has 0 atom stereocenters. The van der Waals surface area contributed by atoms with Gasteiger partial charge in [-0.25, -0.2) is 0 Å². The highest BCUT2D eigenvalue weighted by Crippen LogP contribution is 2.37. The van der Waals surface area contributed by atoms with Crippen molar-refractivity contribution >= 4 is 28.0 Å². The molecule has 0 fully saturated rings. The zero-order valence-corrected chi connectivity index (χ0v) is 14.0. The van der Waals surface area contributed by atoms with Crippen molar-refractivity contribution < 1.29 is 23.2 Å². The van der Waals surface area contributed by atoms with Gasteiger partial charge in [-0.3, -0.25) is 4.79 Å². The third kappa shape index (κ3) is 3.41. The Hall–Kier alpha value is -2.86. The molecule has 9 heteroatoms. The number of nitrogens with zero attached hydrogens (tertiary/aromatic N) is 2. The van der Waals surface area contributed by atoms with Gasteiger partial charge in [0.05, 0.1) is 16.8 Å². The lowest BCUT2D eigenvalue weighted by atomic mass is 9.94. The summed E-state index contributed by atoms with van der Waals surface area (Å²) in [6.45, 7) is 0. The van der Waals surface area contributed by atoms with Crippen LogP contribution in [0.2, 0.25) is 0 Å². The van der Waals surface area contributed by atoms with Crippen molar-refractivity contribution in [1.29, 1.82) is 5.26 Å². The van der Waals surface area contributed by atoms with Crippen LogP contribution in [0.25, 0.3) is 0 Å². The number of carbonyl (C=O) groups is 1. The predicted molar refractivity (Wildman–Crippen MR) is 89.7 cm³/mol. The third-order valence-corrected chi connectivity index (χ3v) is 5.20. The molecule has 0 aliphatic heterocycles. The van der Waals surface area contributed by atoms with E-state index in [1.807, 2.05) is 6.07 Å². The van der Waals surface area contributed by atoms with Crippen LogP contribution in [0.15, 0.2) is 29.4 Å². The molecule has 2 N–H and O–H groups in total. The summed E-state index contributed by atoms with van der Waals surface area (Å²) in [6, 6.07) is 6.14. The molecule has 0 radical (unpaired) electrons. The summed E-state index contributed by atoms with van der Waals surface area (Å²) in [4.78, 5) is 13.2. The van der Waals surface area contributed by atoms with Crippen molar-refractivity contribution in [2.75, 3.05) is 5.32 Å². The lowest BCUT2D eigenvalue weighted by Crippen LogP contribution is -2.14. The standard InChI is InChI=1S/C17H12F3N3O2S/c18-17(19,20)10-3-1-2-9(6-10)15(24)22-16-13(8-21)12-5-4-11(23-25)7-14(12)26-16/h1-3,6,25H,4-5,7H2,(H,22,24)/b23-11+. The molecule has 0 spiro atoms. The number of rotatable bonds is 2. The van der Waals surface area contributed by atoms with Crippen molar-refractivity contribution in [2.45, 2.75) is 25.4 Å². The van der Waals surface area contributed by atoms with Crippen LogP contribution >= 0.6 is 11.3 Å². The van der Waals surface area contributed by atoms with Gasteiger partial charge in [-0.2, -0.15) is 18.4 Å². The zero-order chi connectivity index (χ0) is 18.9. The number of nitrogens with one attached hydrogen (secondary N) is 1. The van der Waals surface area contributed by atoms with E-state index in [0.717, 1.165) is 28.6 Å². The third-order valence-electron chi connectivity index (χ3n) is 4.05. The fourth-order valence-electron chi connectivity index (χ4n) is 2.77. The molecule has 1 aliphatic carbocycles. The first kappa shape index (κ1) is 17.9. The van der Waals surface area contributed by atoms with Crippen molar-refractivity contribution in [3.8, 4) is 6.07 Å². The first-order chi connectivity index (χ1) is 12.3. The van der Waals surface area contributed by atoms with Crippen LogP contribution in [-0.2, 0) is 19.0 Å². The molecule has 0 saturated heterocycles. The summed E-state index contributed by atoms with van der Waals surface area (Å²) >= 11 is 1.17. The molecule has 2 aromatic rings. The second kappa shape index (κ2) is 6.80. The van der Waals surface area contributed by atoms with Gasteiger partial charge >= 0.3 is 6.18 Å². The number of thiophene rings is 1. The van der Waals surface area contributed by atoms with E-state index in [1.54, 1.807) is 0 Å². The number of hydrogen-bond donors (Lipinski definition) is 2. The number of oxime groups is 1. The SMILES string of the molecule is N#Cc1c(NC(=O)c2cccc(C(F)(F)F)c2)sc2c1CC/C(=N\O)C2. The molecule has 3 rings (SSSR count). The molecule has 5 nitrogen and oxygen atoms in total. The molecule has 0 unspecified atom stereocenters. The van der Waals surface area contributed by atoms with Crippen molar-refractivity contribution in [2.24, 2.45) is 5.16 Å².